The summed E-state index contributed by atoms with van der Waals surface area (Å²) < 4.78 is 13.0. The summed E-state index contributed by atoms with van der Waals surface area (Å²) in [7, 11) is 0. The third-order valence-electron chi connectivity index (χ3n) is 6.28. The second kappa shape index (κ2) is 6.91. The Kier molecular flexibility index (Phi) is 4.75. The number of ether oxygens (including phenoxy) is 2. The lowest BCUT2D eigenvalue weighted by Crippen LogP contribution is -2.50. The largest absolute Gasteiger partial charge is 0.487 e. The SMILES string of the molecule is CC1(C)Oc2ccccc2[C@@H]2O[C@](C)(C#CCN3CCCCC3)CC[C@H]21. The molecule has 0 aliphatic carbocycles. The smallest absolute Gasteiger partial charge is 0.126 e. The molecule has 4 rings (SSSR count). The molecule has 0 N–H and O–H groups in total. The molecule has 3 atom stereocenters. The predicted octanol–water partition coefficient (Wildman–Crippen LogP) is 4.57. The maximum atomic E-state index is 6.66. The first-order valence-corrected chi connectivity index (χ1v) is 10.2. The molecule has 3 nitrogen and oxygen atoms in total. The molecule has 0 amide bonds. The van der Waals surface area contributed by atoms with Gasteiger partial charge in [0.25, 0.3) is 0 Å². The summed E-state index contributed by atoms with van der Waals surface area (Å²) in [6.07, 6.45) is 6.11. The Morgan fingerprint density at radius 2 is 1.88 bits per heavy atom. The number of rotatable bonds is 1. The molecule has 3 heterocycles. The molecule has 0 unspecified atom stereocenters. The first kappa shape index (κ1) is 17.9. The van der Waals surface area contributed by atoms with Gasteiger partial charge in [-0.1, -0.05) is 36.5 Å². The fraction of sp³-hybridized carbons (Fsp3) is 0.652. The van der Waals surface area contributed by atoms with Crippen molar-refractivity contribution in [3.63, 3.8) is 0 Å². The summed E-state index contributed by atoms with van der Waals surface area (Å²) in [4.78, 5) is 2.47. The van der Waals surface area contributed by atoms with E-state index in [1.807, 2.05) is 6.07 Å². The van der Waals surface area contributed by atoms with Crippen LogP contribution in [0.3, 0.4) is 0 Å². The molecule has 0 bridgehead atoms. The van der Waals surface area contributed by atoms with Crippen molar-refractivity contribution < 1.29 is 9.47 Å². The molecule has 3 aliphatic rings. The number of nitrogens with zero attached hydrogens (tertiary/aromatic N) is 1. The highest BCUT2D eigenvalue weighted by molar-refractivity contribution is 5.39. The zero-order chi connectivity index (χ0) is 18.2. The van der Waals surface area contributed by atoms with Crippen molar-refractivity contribution in [2.45, 2.75) is 70.2 Å². The van der Waals surface area contributed by atoms with E-state index >= 15 is 0 Å². The summed E-state index contributed by atoms with van der Waals surface area (Å²) in [5, 5.41) is 0. The minimum atomic E-state index is -0.364. The topological polar surface area (TPSA) is 21.7 Å². The zero-order valence-electron chi connectivity index (χ0n) is 16.4. The Morgan fingerprint density at radius 3 is 2.69 bits per heavy atom. The van der Waals surface area contributed by atoms with Crippen molar-refractivity contribution in [2.75, 3.05) is 19.6 Å². The Hall–Kier alpha value is -1.50. The normalized spacial score (nSPS) is 33.2. The second-order valence-electron chi connectivity index (χ2n) is 8.80. The second-order valence-corrected chi connectivity index (χ2v) is 8.80. The fourth-order valence-corrected chi connectivity index (χ4v) is 4.71. The van der Waals surface area contributed by atoms with Crippen LogP contribution >= 0.6 is 0 Å². The van der Waals surface area contributed by atoms with Gasteiger partial charge in [0.1, 0.15) is 17.0 Å². The van der Waals surface area contributed by atoms with Gasteiger partial charge in [-0.2, -0.15) is 0 Å². The van der Waals surface area contributed by atoms with Gasteiger partial charge in [0, 0.05) is 11.5 Å². The molecule has 0 saturated carbocycles. The standard InChI is InChI=1S/C23H31NO2/c1-22(2)19-12-14-23(3,13-9-17-24-15-7-4-8-16-24)26-21(19)18-10-5-6-11-20(18)25-22/h5-6,10-11,19,21H,4,7-8,12,14-17H2,1-3H3/t19-,21+,23-/m1/s1. The lowest BCUT2D eigenvalue weighted by atomic mass is 9.73. The molecule has 1 aromatic rings. The maximum absolute atomic E-state index is 6.66. The molecule has 2 fully saturated rings. The van der Waals surface area contributed by atoms with Crippen molar-refractivity contribution in [3.05, 3.63) is 29.8 Å². The van der Waals surface area contributed by atoms with Crippen LogP contribution in [0, 0.1) is 17.8 Å². The molecular formula is C23H31NO2. The highest BCUT2D eigenvalue weighted by atomic mass is 16.5. The zero-order valence-corrected chi connectivity index (χ0v) is 16.4. The molecule has 3 aliphatic heterocycles. The van der Waals surface area contributed by atoms with Crippen LogP contribution in [-0.4, -0.2) is 35.7 Å². The number of benzene rings is 1. The molecular weight excluding hydrogens is 322 g/mol. The summed E-state index contributed by atoms with van der Waals surface area (Å²) >= 11 is 0. The van der Waals surface area contributed by atoms with Crippen LogP contribution in [0.25, 0.3) is 0 Å². The van der Waals surface area contributed by atoms with Gasteiger partial charge in [0.2, 0.25) is 0 Å². The van der Waals surface area contributed by atoms with Crippen LogP contribution in [0.4, 0.5) is 0 Å². The van der Waals surface area contributed by atoms with Gasteiger partial charge in [-0.05, 0) is 65.6 Å². The van der Waals surface area contributed by atoms with Gasteiger partial charge in [0.05, 0.1) is 12.6 Å². The molecule has 1 aromatic carbocycles. The highest BCUT2D eigenvalue weighted by Crippen LogP contribution is 2.52. The number of hydrogen-bond acceptors (Lipinski definition) is 3. The quantitative estimate of drug-likeness (QED) is 0.690. The monoisotopic (exact) mass is 353 g/mol. The van der Waals surface area contributed by atoms with E-state index in [2.05, 4.69) is 55.7 Å². The van der Waals surface area contributed by atoms with Crippen molar-refractivity contribution in [1.82, 2.24) is 4.90 Å². The molecule has 0 aromatic heterocycles. The molecule has 0 radical (unpaired) electrons. The van der Waals surface area contributed by atoms with Gasteiger partial charge < -0.3 is 9.47 Å². The first-order chi connectivity index (χ1) is 12.5. The first-order valence-electron chi connectivity index (χ1n) is 10.2. The average Bonchev–Trinajstić information content (AvgIpc) is 2.62. The van der Waals surface area contributed by atoms with E-state index in [0.717, 1.165) is 25.1 Å². The lowest BCUT2D eigenvalue weighted by molar-refractivity contribution is -0.169. The van der Waals surface area contributed by atoms with Crippen LogP contribution in [0.1, 0.15) is 64.5 Å². The Balaban J connectivity index is 1.52. The number of fused-ring (bicyclic) bond motifs is 3. The average molecular weight is 354 g/mol. The van der Waals surface area contributed by atoms with E-state index in [4.69, 9.17) is 9.47 Å². The number of hydrogen-bond donors (Lipinski definition) is 0. The van der Waals surface area contributed by atoms with Gasteiger partial charge >= 0.3 is 0 Å². The van der Waals surface area contributed by atoms with Crippen molar-refractivity contribution in [2.24, 2.45) is 5.92 Å². The van der Waals surface area contributed by atoms with E-state index in [1.165, 1.54) is 37.9 Å². The third-order valence-corrected chi connectivity index (χ3v) is 6.28. The van der Waals surface area contributed by atoms with Gasteiger partial charge in [0.15, 0.2) is 0 Å². The molecule has 2 saturated heterocycles. The van der Waals surface area contributed by atoms with Crippen LogP contribution in [0.15, 0.2) is 24.3 Å². The van der Waals surface area contributed by atoms with Crippen molar-refractivity contribution >= 4 is 0 Å². The van der Waals surface area contributed by atoms with Crippen LogP contribution in [-0.2, 0) is 4.74 Å². The van der Waals surface area contributed by atoms with E-state index in [1.54, 1.807) is 0 Å². The van der Waals surface area contributed by atoms with E-state index < -0.39 is 0 Å². The van der Waals surface area contributed by atoms with Gasteiger partial charge in [-0.25, -0.2) is 0 Å². The summed E-state index contributed by atoms with van der Waals surface area (Å²) in [5.74, 6) is 8.24. The van der Waals surface area contributed by atoms with Crippen molar-refractivity contribution in [1.29, 1.82) is 0 Å². The Morgan fingerprint density at radius 1 is 1.12 bits per heavy atom. The lowest BCUT2D eigenvalue weighted by Gasteiger charge is -2.50. The Labute approximate surface area is 158 Å². The molecule has 3 heteroatoms. The fourth-order valence-electron chi connectivity index (χ4n) is 4.71. The molecule has 0 spiro atoms. The number of para-hydroxylation sites is 1. The van der Waals surface area contributed by atoms with Gasteiger partial charge in [-0.3, -0.25) is 4.90 Å². The minimum Gasteiger partial charge on any atom is -0.487 e. The third kappa shape index (κ3) is 3.50. The maximum Gasteiger partial charge on any atom is 0.126 e. The highest BCUT2D eigenvalue weighted by Gasteiger charge is 2.49. The predicted molar refractivity (Wildman–Crippen MR) is 104 cm³/mol. The molecule has 140 valence electrons. The summed E-state index contributed by atoms with van der Waals surface area (Å²) in [5.41, 5.74) is 0.611. The van der Waals surface area contributed by atoms with Crippen molar-refractivity contribution in [3.8, 4) is 17.6 Å². The van der Waals surface area contributed by atoms with Crippen LogP contribution in [0.5, 0.6) is 5.75 Å². The number of likely N-dealkylation sites (tertiary alicyclic amines) is 1. The van der Waals surface area contributed by atoms with E-state index in [9.17, 15) is 0 Å². The summed E-state index contributed by atoms with van der Waals surface area (Å²) in [6.45, 7) is 9.80. The Bertz CT molecular complexity index is 710. The van der Waals surface area contributed by atoms with Gasteiger partial charge in [-0.15, -0.1) is 0 Å². The molecule has 26 heavy (non-hydrogen) atoms. The summed E-state index contributed by atoms with van der Waals surface area (Å²) in [6, 6.07) is 8.32. The van der Waals surface area contributed by atoms with E-state index in [-0.39, 0.29) is 17.3 Å². The minimum absolute atomic E-state index is 0.0676. The van der Waals surface area contributed by atoms with Crippen LogP contribution in [0.2, 0.25) is 0 Å². The number of piperidine rings is 1. The van der Waals surface area contributed by atoms with Crippen LogP contribution < -0.4 is 4.74 Å². The van der Waals surface area contributed by atoms with E-state index in [0.29, 0.717) is 5.92 Å².